The van der Waals surface area contributed by atoms with Crippen LogP contribution in [0.3, 0.4) is 0 Å². The Kier molecular flexibility index (Phi) is 8.40. The molecule has 0 aliphatic carbocycles. The highest BCUT2D eigenvalue weighted by Crippen LogP contribution is 2.36. The summed E-state index contributed by atoms with van der Waals surface area (Å²) in [5, 5.41) is 3.18. The van der Waals surface area contributed by atoms with E-state index in [9.17, 15) is 18.0 Å². The van der Waals surface area contributed by atoms with E-state index in [4.69, 9.17) is 19.5 Å². The van der Waals surface area contributed by atoms with Crippen molar-refractivity contribution in [3.05, 3.63) is 101 Å². The Labute approximate surface area is 251 Å². The van der Waals surface area contributed by atoms with E-state index >= 15 is 0 Å². The van der Waals surface area contributed by atoms with Gasteiger partial charge in [0.1, 0.15) is 29.3 Å². The first-order valence-electron chi connectivity index (χ1n) is 14.3. The van der Waals surface area contributed by atoms with Crippen molar-refractivity contribution in [2.75, 3.05) is 31.6 Å². The summed E-state index contributed by atoms with van der Waals surface area (Å²) in [6.45, 7) is 1.86. The zero-order valence-corrected chi connectivity index (χ0v) is 23.8. The molecule has 4 aromatic rings. The van der Waals surface area contributed by atoms with E-state index in [1.165, 1.54) is 23.2 Å². The first-order valence-corrected chi connectivity index (χ1v) is 14.3. The molecular weight excluding hydrogens is 573 g/mol. The molecule has 2 aromatic heterocycles. The molecule has 1 N–H and O–H groups in total. The van der Waals surface area contributed by atoms with E-state index in [-0.39, 0.29) is 55.1 Å². The average Bonchev–Trinajstić information content (AvgIpc) is 3.37. The number of pyridine rings is 1. The fraction of sp³-hybridized carbons (Fsp3) is 0.281. The SMILES string of the molecule is CCOc1cc(F)c(CCC2N=C(c3ncc(OCC(=O)N4CC(F)C4)c(Nc4ccncc4)n3)c3ccccc32)c(F)c1. The molecule has 0 bridgehead atoms. The summed E-state index contributed by atoms with van der Waals surface area (Å²) in [6.07, 6.45) is 4.15. The Hall–Kier alpha value is -5.00. The molecule has 1 saturated heterocycles. The second-order valence-corrected chi connectivity index (χ2v) is 10.4. The Morgan fingerprint density at radius 2 is 1.82 bits per heavy atom. The van der Waals surface area contributed by atoms with Crippen molar-refractivity contribution >= 4 is 23.1 Å². The maximum atomic E-state index is 14.8. The van der Waals surface area contributed by atoms with Gasteiger partial charge in [-0.3, -0.25) is 14.8 Å². The van der Waals surface area contributed by atoms with E-state index in [0.29, 0.717) is 36.1 Å². The third kappa shape index (κ3) is 6.19. The number of nitrogens with one attached hydrogen (secondary N) is 1. The minimum atomic E-state index is -1.01. The van der Waals surface area contributed by atoms with Crippen LogP contribution in [0.25, 0.3) is 0 Å². The van der Waals surface area contributed by atoms with Gasteiger partial charge in [-0.25, -0.2) is 23.1 Å². The van der Waals surface area contributed by atoms with Crippen LogP contribution in [0.4, 0.5) is 24.7 Å². The quantitative estimate of drug-likeness (QED) is 0.246. The second-order valence-electron chi connectivity index (χ2n) is 10.4. The highest BCUT2D eigenvalue weighted by molar-refractivity contribution is 6.13. The van der Waals surface area contributed by atoms with E-state index in [1.807, 2.05) is 24.3 Å². The number of rotatable bonds is 11. The van der Waals surface area contributed by atoms with Crippen molar-refractivity contribution in [3.63, 3.8) is 0 Å². The smallest absolute Gasteiger partial charge is 0.260 e. The molecule has 2 aliphatic rings. The first-order chi connectivity index (χ1) is 21.4. The Bertz CT molecular complexity index is 1680. The number of amides is 1. The van der Waals surface area contributed by atoms with Gasteiger partial charge in [0, 0.05) is 41.3 Å². The summed E-state index contributed by atoms with van der Waals surface area (Å²) in [7, 11) is 0. The number of hydrogen-bond acceptors (Lipinski definition) is 8. The number of carbonyl (C=O) groups is 1. The lowest BCUT2D eigenvalue weighted by atomic mass is 9.96. The maximum Gasteiger partial charge on any atom is 0.260 e. The van der Waals surface area contributed by atoms with E-state index in [1.54, 1.807) is 31.5 Å². The highest BCUT2D eigenvalue weighted by atomic mass is 19.1. The van der Waals surface area contributed by atoms with Crippen LogP contribution in [0.1, 0.15) is 41.9 Å². The number of benzene rings is 2. The van der Waals surface area contributed by atoms with Crippen molar-refractivity contribution in [2.24, 2.45) is 4.99 Å². The van der Waals surface area contributed by atoms with Gasteiger partial charge in [0.15, 0.2) is 24.0 Å². The van der Waals surface area contributed by atoms with Crippen LogP contribution in [0.2, 0.25) is 0 Å². The highest BCUT2D eigenvalue weighted by Gasteiger charge is 2.31. The molecule has 1 unspecified atom stereocenters. The fourth-order valence-electron chi connectivity index (χ4n) is 5.16. The van der Waals surface area contributed by atoms with Crippen LogP contribution in [0, 0.1) is 11.6 Å². The minimum Gasteiger partial charge on any atom is -0.494 e. The van der Waals surface area contributed by atoms with Crippen molar-refractivity contribution < 1.29 is 27.4 Å². The number of carbonyl (C=O) groups excluding carboxylic acids is 1. The maximum absolute atomic E-state index is 14.8. The molecule has 0 saturated carbocycles. The Balaban J connectivity index is 1.26. The Morgan fingerprint density at radius 1 is 1.07 bits per heavy atom. The summed E-state index contributed by atoms with van der Waals surface area (Å²) in [5.74, 6) is -0.688. The number of aromatic nitrogens is 3. The van der Waals surface area contributed by atoms with E-state index in [0.717, 1.165) is 11.1 Å². The molecule has 44 heavy (non-hydrogen) atoms. The van der Waals surface area contributed by atoms with Crippen LogP contribution in [-0.4, -0.2) is 63.9 Å². The van der Waals surface area contributed by atoms with Gasteiger partial charge in [0.05, 0.1) is 31.9 Å². The number of anilines is 2. The van der Waals surface area contributed by atoms with Gasteiger partial charge in [0.25, 0.3) is 5.91 Å². The lowest BCUT2D eigenvalue weighted by Gasteiger charge is -2.34. The van der Waals surface area contributed by atoms with Gasteiger partial charge in [-0.05, 0) is 37.5 Å². The predicted octanol–water partition coefficient (Wildman–Crippen LogP) is 5.38. The number of alkyl halides is 1. The summed E-state index contributed by atoms with van der Waals surface area (Å²) in [4.78, 5) is 31.9. The third-order valence-corrected chi connectivity index (χ3v) is 7.40. The van der Waals surface area contributed by atoms with Gasteiger partial charge < -0.3 is 19.7 Å². The minimum absolute atomic E-state index is 0.0222. The molecule has 2 aromatic carbocycles. The number of fused-ring (bicyclic) bond motifs is 1. The van der Waals surface area contributed by atoms with Crippen molar-refractivity contribution in [1.82, 2.24) is 19.9 Å². The van der Waals surface area contributed by atoms with E-state index in [2.05, 4.69) is 15.3 Å². The lowest BCUT2D eigenvalue weighted by Crippen LogP contribution is -2.52. The molecule has 0 radical (unpaired) electrons. The molecule has 6 rings (SSSR count). The molecule has 12 heteroatoms. The second kappa shape index (κ2) is 12.7. The van der Waals surface area contributed by atoms with Gasteiger partial charge in [-0.2, -0.15) is 0 Å². The van der Waals surface area contributed by atoms with Crippen molar-refractivity contribution in [2.45, 2.75) is 32.0 Å². The number of likely N-dealkylation sites (tertiary alicyclic amines) is 1. The van der Waals surface area contributed by atoms with Gasteiger partial charge in [-0.1, -0.05) is 24.3 Å². The molecule has 226 valence electrons. The molecule has 0 spiro atoms. The van der Waals surface area contributed by atoms with Crippen LogP contribution in [0.5, 0.6) is 11.5 Å². The summed E-state index contributed by atoms with van der Waals surface area (Å²) >= 11 is 0. The van der Waals surface area contributed by atoms with Gasteiger partial charge in [-0.15, -0.1) is 0 Å². The molecule has 1 atom stereocenters. The molecule has 4 heterocycles. The normalized spacial score (nSPS) is 15.8. The van der Waals surface area contributed by atoms with Crippen LogP contribution >= 0.6 is 0 Å². The number of aliphatic imine (C=N–C) groups is 1. The standard InChI is InChI=1S/C32H29F3N6O3/c1-2-43-21-13-25(34)24(26(35)14-21)7-8-27-22-5-3-4-6-23(22)30(39-27)32-37-15-28(44-18-29(42)41-16-19(33)17-41)31(40-32)38-20-9-11-36-12-10-20/h3-6,9-15,19,27H,2,7-8,16-18H2,1H3,(H,36,37,38,40). The fourth-order valence-corrected chi connectivity index (χ4v) is 5.16. The molecule has 1 fully saturated rings. The number of hydrogen-bond donors (Lipinski definition) is 1. The van der Waals surface area contributed by atoms with Crippen LogP contribution < -0.4 is 14.8 Å². The summed E-state index contributed by atoms with van der Waals surface area (Å²) < 4.78 is 53.8. The van der Waals surface area contributed by atoms with Crippen molar-refractivity contribution in [3.8, 4) is 11.5 Å². The van der Waals surface area contributed by atoms with Crippen molar-refractivity contribution in [1.29, 1.82) is 0 Å². The topological polar surface area (TPSA) is 102 Å². The zero-order valence-electron chi connectivity index (χ0n) is 23.8. The number of ether oxygens (including phenoxy) is 2. The summed E-state index contributed by atoms with van der Waals surface area (Å²) in [5.41, 5.74) is 2.88. The number of halogens is 3. The van der Waals surface area contributed by atoms with Gasteiger partial charge in [0.2, 0.25) is 0 Å². The number of nitrogens with zero attached hydrogens (tertiary/aromatic N) is 5. The third-order valence-electron chi connectivity index (χ3n) is 7.40. The molecule has 1 amide bonds. The monoisotopic (exact) mass is 602 g/mol. The largest absolute Gasteiger partial charge is 0.494 e. The Morgan fingerprint density at radius 3 is 2.55 bits per heavy atom. The lowest BCUT2D eigenvalue weighted by molar-refractivity contribution is -0.140. The predicted molar refractivity (Wildman–Crippen MR) is 157 cm³/mol. The van der Waals surface area contributed by atoms with Crippen LogP contribution in [-0.2, 0) is 11.2 Å². The molecule has 2 aliphatic heterocycles. The first kappa shape index (κ1) is 29.1. The van der Waals surface area contributed by atoms with Gasteiger partial charge >= 0.3 is 0 Å². The average molecular weight is 603 g/mol. The summed E-state index contributed by atoms with van der Waals surface area (Å²) in [6, 6.07) is 13.1. The van der Waals surface area contributed by atoms with E-state index < -0.39 is 17.8 Å². The zero-order chi connectivity index (χ0) is 30.6. The van der Waals surface area contributed by atoms with Crippen LogP contribution in [0.15, 0.2) is 72.1 Å². The molecule has 9 nitrogen and oxygen atoms in total. The molecular formula is C32H29F3N6O3.